The second kappa shape index (κ2) is 7.22. The molecule has 7 heteroatoms. The Morgan fingerprint density at radius 1 is 1.30 bits per heavy atom. The summed E-state index contributed by atoms with van der Waals surface area (Å²) < 4.78 is 11.9. The number of anilines is 1. The van der Waals surface area contributed by atoms with Gasteiger partial charge in [-0.2, -0.15) is 0 Å². The predicted molar refractivity (Wildman–Crippen MR) is 114 cm³/mol. The van der Waals surface area contributed by atoms with Crippen molar-refractivity contribution in [1.29, 1.82) is 0 Å². The maximum Gasteiger partial charge on any atom is 0.322 e. The Bertz CT molecular complexity index is 1020. The summed E-state index contributed by atoms with van der Waals surface area (Å²) in [6.07, 6.45) is 4.44. The van der Waals surface area contributed by atoms with E-state index in [-0.39, 0.29) is 17.6 Å². The van der Waals surface area contributed by atoms with Crippen LogP contribution >= 0.6 is 11.6 Å². The molecule has 3 aliphatic rings. The van der Waals surface area contributed by atoms with Gasteiger partial charge in [0.15, 0.2) is 11.5 Å². The second-order valence-electron chi connectivity index (χ2n) is 8.05. The maximum atomic E-state index is 13.0. The number of carbonyl (C=O) groups is 1. The molecule has 5 rings (SSSR count). The minimum Gasteiger partial charge on any atom is -0.493 e. The Balaban J connectivity index is 1.50. The van der Waals surface area contributed by atoms with Crippen molar-refractivity contribution in [1.82, 2.24) is 4.90 Å². The first-order valence-corrected chi connectivity index (χ1v) is 10.4. The Labute approximate surface area is 180 Å². The van der Waals surface area contributed by atoms with E-state index in [1.807, 2.05) is 23.1 Å². The number of rotatable bonds is 2. The van der Waals surface area contributed by atoms with Crippen molar-refractivity contribution in [2.24, 2.45) is 0 Å². The molecule has 2 amide bonds. The molecule has 2 aliphatic heterocycles. The van der Waals surface area contributed by atoms with E-state index in [0.717, 1.165) is 16.9 Å². The third kappa shape index (κ3) is 3.02. The second-order valence-corrected chi connectivity index (χ2v) is 8.49. The smallest absolute Gasteiger partial charge is 0.322 e. The largest absolute Gasteiger partial charge is 0.493 e. The number of aliphatic hydroxyl groups is 1. The lowest BCUT2D eigenvalue weighted by Gasteiger charge is -2.35. The lowest BCUT2D eigenvalue weighted by molar-refractivity contribution is 0.0824. The quantitative estimate of drug-likeness (QED) is 0.709. The van der Waals surface area contributed by atoms with Gasteiger partial charge in [0.25, 0.3) is 0 Å². The first-order valence-electron chi connectivity index (χ1n) is 10.1. The molecule has 0 radical (unpaired) electrons. The first kappa shape index (κ1) is 19.3. The number of carbonyl (C=O) groups excluding carboxylic acids is 1. The summed E-state index contributed by atoms with van der Waals surface area (Å²) in [4.78, 5) is 14.8. The molecule has 156 valence electrons. The Morgan fingerprint density at radius 3 is 2.87 bits per heavy atom. The van der Waals surface area contributed by atoms with Gasteiger partial charge in [-0.15, -0.1) is 0 Å². The molecule has 0 aromatic heterocycles. The molecule has 3 unspecified atom stereocenters. The van der Waals surface area contributed by atoms with Gasteiger partial charge in [-0.3, -0.25) is 0 Å². The van der Waals surface area contributed by atoms with Crippen LogP contribution in [0.3, 0.4) is 0 Å². The lowest BCUT2D eigenvalue weighted by Crippen LogP contribution is -2.43. The van der Waals surface area contributed by atoms with Crippen LogP contribution in [0.25, 0.3) is 0 Å². The third-order valence-corrected chi connectivity index (χ3v) is 6.59. The van der Waals surface area contributed by atoms with Gasteiger partial charge < -0.3 is 24.8 Å². The van der Waals surface area contributed by atoms with Gasteiger partial charge in [0.2, 0.25) is 0 Å². The number of nitrogens with zero attached hydrogens (tertiary/aromatic N) is 1. The number of nitrogens with one attached hydrogen (secondary N) is 1. The van der Waals surface area contributed by atoms with E-state index in [4.69, 9.17) is 21.1 Å². The highest BCUT2D eigenvalue weighted by Gasteiger charge is 2.53. The predicted octanol–water partition coefficient (Wildman–Crippen LogP) is 4.11. The fourth-order valence-electron chi connectivity index (χ4n) is 4.85. The van der Waals surface area contributed by atoms with Crippen molar-refractivity contribution in [3.05, 3.63) is 64.7 Å². The van der Waals surface area contributed by atoms with Crippen LogP contribution in [0.1, 0.15) is 24.0 Å². The van der Waals surface area contributed by atoms with Crippen LogP contribution in [0.4, 0.5) is 10.5 Å². The first-order chi connectivity index (χ1) is 14.5. The molecule has 1 spiro atoms. The van der Waals surface area contributed by atoms with Gasteiger partial charge in [-0.05, 0) is 42.3 Å². The fourth-order valence-corrected chi connectivity index (χ4v) is 4.97. The standard InChI is InChI=1S/C23H23ClN2O4/c1-29-18-7-2-14-13-26(22(28)25-16-5-3-15(24)4-6-16)11-10-23-9-8-17(27)12-19(23)30-21(18)20(14)23/h2-9,17,19,27H,10-13H2,1H3,(H,25,28). The summed E-state index contributed by atoms with van der Waals surface area (Å²) in [5.41, 5.74) is 2.45. The molecule has 0 saturated carbocycles. The number of amides is 2. The van der Waals surface area contributed by atoms with E-state index in [2.05, 4.69) is 11.4 Å². The summed E-state index contributed by atoms with van der Waals surface area (Å²) in [6, 6.07) is 10.8. The van der Waals surface area contributed by atoms with Crippen LogP contribution < -0.4 is 14.8 Å². The van der Waals surface area contributed by atoms with E-state index in [1.54, 1.807) is 31.4 Å². The van der Waals surface area contributed by atoms with E-state index >= 15 is 0 Å². The number of hydrogen-bond donors (Lipinski definition) is 2. The number of methoxy groups -OCH3 is 1. The SMILES string of the molecule is COc1ccc2c3c1OC1CC(O)C=CC31CCN(C(=O)Nc1ccc(Cl)cc1)C2. The summed E-state index contributed by atoms with van der Waals surface area (Å²) in [5, 5.41) is 13.8. The van der Waals surface area contributed by atoms with Crippen molar-refractivity contribution >= 4 is 23.3 Å². The van der Waals surface area contributed by atoms with Gasteiger partial charge >= 0.3 is 6.03 Å². The van der Waals surface area contributed by atoms with Gasteiger partial charge in [-0.25, -0.2) is 4.79 Å². The molecule has 0 saturated heterocycles. The molecule has 30 heavy (non-hydrogen) atoms. The van der Waals surface area contributed by atoms with Crippen LogP contribution in [-0.4, -0.2) is 41.9 Å². The van der Waals surface area contributed by atoms with E-state index < -0.39 is 6.10 Å². The molecular weight excluding hydrogens is 404 g/mol. The summed E-state index contributed by atoms with van der Waals surface area (Å²) in [6.45, 7) is 1.04. The van der Waals surface area contributed by atoms with Gasteiger partial charge in [0.05, 0.1) is 18.6 Å². The minimum absolute atomic E-state index is 0.157. The number of halogens is 1. The zero-order valence-corrected chi connectivity index (χ0v) is 17.4. The topological polar surface area (TPSA) is 71.0 Å². The molecule has 6 nitrogen and oxygen atoms in total. The Kier molecular flexibility index (Phi) is 4.64. The average Bonchev–Trinajstić information content (AvgIpc) is 2.97. The molecule has 3 atom stereocenters. The van der Waals surface area contributed by atoms with Crippen LogP contribution in [0.2, 0.25) is 5.02 Å². The normalized spacial score (nSPS) is 26.3. The van der Waals surface area contributed by atoms with Crippen molar-refractivity contribution < 1.29 is 19.4 Å². The summed E-state index contributed by atoms with van der Waals surface area (Å²) in [5.74, 6) is 1.42. The van der Waals surface area contributed by atoms with E-state index in [1.165, 1.54) is 0 Å². The molecule has 2 aromatic carbocycles. The third-order valence-electron chi connectivity index (χ3n) is 6.34. The molecule has 2 aromatic rings. The molecule has 0 fully saturated rings. The lowest BCUT2D eigenvalue weighted by atomic mass is 9.69. The summed E-state index contributed by atoms with van der Waals surface area (Å²) >= 11 is 5.94. The average molecular weight is 427 g/mol. The fraction of sp³-hybridized carbons (Fsp3) is 0.348. The molecule has 1 aliphatic carbocycles. The van der Waals surface area contributed by atoms with Crippen LogP contribution in [-0.2, 0) is 12.0 Å². The molecule has 2 N–H and O–H groups in total. The monoisotopic (exact) mass is 426 g/mol. The van der Waals surface area contributed by atoms with Crippen molar-refractivity contribution in [3.8, 4) is 11.5 Å². The van der Waals surface area contributed by atoms with E-state index in [9.17, 15) is 9.90 Å². The zero-order chi connectivity index (χ0) is 20.9. The van der Waals surface area contributed by atoms with E-state index in [0.29, 0.717) is 42.4 Å². The highest BCUT2D eigenvalue weighted by molar-refractivity contribution is 6.30. The highest BCUT2D eigenvalue weighted by Crippen LogP contribution is 2.55. The van der Waals surface area contributed by atoms with Crippen LogP contribution in [0.5, 0.6) is 11.5 Å². The number of benzene rings is 2. The number of ether oxygens (including phenoxy) is 2. The maximum absolute atomic E-state index is 13.0. The van der Waals surface area contributed by atoms with Crippen molar-refractivity contribution in [3.63, 3.8) is 0 Å². The van der Waals surface area contributed by atoms with Crippen LogP contribution in [0, 0.1) is 0 Å². The zero-order valence-electron chi connectivity index (χ0n) is 16.6. The van der Waals surface area contributed by atoms with Crippen molar-refractivity contribution in [2.45, 2.75) is 37.0 Å². The molecule has 0 bridgehead atoms. The summed E-state index contributed by atoms with van der Waals surface area (Å²) in [7, 11) is 1.63. The number of urea groups is 1. The van der Waals surface area contributed by atoms with Gasteiger partial charge in [0.1, 0.15) is 6.10 Å². The highest BCUT2D eigenvalue weighted by atomic mass is 35.5. The van der Waals surface area contributed by atoms with Gasteiger partial charge in [-0.1, -0.05) is 29.8 Å². The molecule has 2 heterocycles. The van der Waals surface area contributed by atoms with Crippen LogP contribution in [0.15, 0.2) is 48.6 Å². The number of hydrogen-bond acceptors (Lipinski definition) is 4. The molecular formula is C23H23ClN2O4. The van der Waals surface area contributed by atoms with Gasteiger partial charge in [0, 0.05) is 35.8 Å². The van der Waals surface area contributed by atoms with Crippen molar-refractivity contribution in [2.75, 3.05) is 19.0 Å². The Hall–Kier alpha value is -2.70. The Morgan fingerprint density at radius 2 is 2.10 bits per heavy atom. The minimum atomic E-state index is -0.531. The number of aliphatic hydroxyl groups excluding tert-OH is 1.